The fourth-order valence-electron chi connectivity index (χ4n) is 4.00. The Hall–Kier alpha value is -1.99. The maximum Gasteiger partial charge on any atom is 0.236 e. The van der Waals surface area contributed by atoms with Crippen LogP contribution in [0.4, 0.5) is 0 Å². The summed E-state index contributed by atoms with van der Waals surface area (Å²) < 4.78 is 2.08. The lowest BCUT2D eigenvalue weighted by atomic mass is 9.94. The van der Waals surface area contributed by atoms with Gasteiger partial charge in [-0.05, 0) is 38.8 Å². The van der Waals surface area contributed by atoms with Crippen molar-refractivity contribution in [3.05, 3.63) is 30.0 Å². The number of aryl methyl sites for hydroxylation is 1. The van der Waals surface area contributed by atoms with Gasteiger partial charge in [0.25, 0.3) is 0 Å². The van der Waals surface area contributed by atoms with Gasteiger partial charge in [-0.15, -0.1) is 0 Å². The largest absolute Gasteiger partial charge is 0.391 e. The average Bonchev–Trinajstić information content (AvgIpc) is 3.27. The van der Waals surface area contributed by atoms with Gasteiger partial charge in [-0.3, -0.25) is 14.7 Å². The number of piperidine rings is 1. The molecule has 1 N–H and O–H groups in total. The van der Waals surface area contributed by atoms with Crippen LogP contribution in [-0.2, 0) is 11.2 Å². The number of aliphatic hydroxyl groups is 1. The van der Waals surface area contributed by atoms with Gasteiger partial charge < -0.3 is 14.4 Å². The van der Waals surface area contributed by atoms with Crippen molar-refractivity contribution < 1.29 is 9.90 Å². The molecule has 7 nitrogen and oxygen atoms in total. The first-order chi connectivity index (χ1) is 12.6. The summed E-state index contributed by atoms with van der Waals surface area (Å²) in [6.07, 6.45) is 9.38. The molecular formula is C19H27N5O2. The number of hydrogen-bond donors (Lipinski definition) is 1. The Balaban J connectivity index is 1.34. The lowest BCUT2D eigenvalue weighted by Gasteiger charge is -2.32. The molecule has 2 aliphatic heterocycles. The van der Waals surface area contributed by atoms with Gasteiger partial charge in [0.15, 0.2) is 5.65 Å². The molecular weight excluding hydrogens is 330 g/mol. The summed E-state index contributed by atoms with van der Waals surface area (Å²) >= 11 is 0. The summed E-state index contributed by atoms with van der Waals surface area (Å²) in [6.45, 7) is 5.57. The standard InChI is InChI=1S/C19H27N5O2/c1-2-15-10-24-12-17(20-9-18(24)21-15)14-3-6-22(7-4-14)13-19(26)23-8-5-16(25)11-23/h9-10,12,14,16,25H,2-8,11,13H2,1H3. The Morgan fingerprint density at radius 2 is 2.04 bits per heavy atom. The lowest BCUT2D eigenvalue weighted by molar-refractivity contribution is -0.132. The zero-order valence-electron chi connectivity index (χ0n) is 15.3. The summed E-state index contributed by atoms with van der Waals surface area (Å²) in [5, 5.41) is 9.59. The number of imidazole rings is 1. The number of carbonyl (C=O) groups excluding carboxylic acids is 1. The number of likely N-dealkylation sites (tertiary alicyclic amines) is 2. The lowest BCUT2D eigenvalue weighted by Crippen LogP contribution is -2.42. The molecule has 0 saturated carbocycles. The van der Waals surface area contributed by atoms with Gasteiger partial charge in [0.2, 0.25) is 5.91 Å². The van der Waals surface area contributed by atoms with Crippen LogP contribution < -0.4 is 0 Å². The van der Waals surface area contributed by atoms with Crippen molar-refractivity contribution in [2.75, 3.05) is 32.7 Å². The van der Waals surface area contributed by atoms with Crippen LogP contribution in [0.3, 0.4) is 0 Å². The number of rotatable bonds is 4. The van der Waals surface area contributed by atoms with Crippen molar-refractivity contribution >= 4 is 11.6 Å². The van der Waals surface area contributed by atoms with Crippen molar-refractivity contribution in [1.29, 1.82) is 0 Å². The second-order valence-corrected chi connectivity index (χ2v) is 7.50. The number of β-amino-alcohol motifs (C(OH)–C–C–N with tert-alkyl or cyclic N) is 1. The monoisotopic (exact) mass is 357 g/mol. The summed E-state index contributed by atoms with van der Waals surface area (Å²) in [7, 11) is 0. The van der Waals surface area contributed by atoms with E-state index >= 15 is 0 Å². The van der Waals surface area contributed by atoms with E-state index in [1.807, 2.05) is 6.20 Å². The minimum Gasteiger partial charge on any atom is -0.391 e. The van der Waals surface area contributed by atoms with Crippen molar-refractivity contribution in [2.45, 2.75) is 44.6 Å². The fraction of sp³-hybridized carbons (Fsp3) is 0.632. The molecule has 1 atom stereocenters. The maximum absolute atomic E-state index is 12.3. The average molecular weight is 357 g/mol. The normalized spacial score (nSPS) is 22.4. The van der Waals surface area contributed by atoms with E-state index in [1.54, 1.807) is 4.90 Å². The third kappa shape index (κ3) is 3.59. The van der Waals surface area contributed by atoms with Crippen LogP contribution in [0.25, 0.3) is 5.65 Å². The van der Waals surface area contributed by atoms with Gasteiger partial charge in [0.05, 0.1) is 30.2 Å². The topological polar surface area (TPSA) is 74.0 Å². The number of nitrogens with zero attached hydrogens (tertiary/aromatic N) is 5. The minimum atomic E-state index is -0.345. The number of carbonyl (C=O) groups is 1. The smallest absolute Gasteiger partial charge is 0.236 e. The van der Waals surface area contributed by atoms with E-state index in [4.69, 9.17) is 0 Å². The van der Waals surface area contributed by atoms with Crippen LogP contribution in [-0.4, -0.2) is 74.0 Å². The van der Waals surface area contributed by atoms with Crippen molar-refractivity contribution in [3.63, 3.8) is 0 Å². The number of hydrogen-bond acceptors (Lipinski definition) is 5. The van der Waals surface area contributed by atoms with Crippen LogP contribution in [0, 0.1) is 0 Å². The van der Waals surface area contributed by atoms with E-state index in [0.29, 0.717) is 32.0 Å². The third-order valence-electron chi connectivity index (χ3n) is 5.65. The van der Waals surface area contributed by atoms with E-state index in [0.717, 1.165) is 49.4 Å². The molecule has 2 fully saturated rings. The molecule has 4 rings (SSSR count). The van der Waals surface area contributed by atoms with Crippen molar-refractivity contribution in [2.24, 2.45) is 0 Å². The Morgan fingerprint density at radius 3 is 2.73 bits per heavy atom. The number of amides is 1. The van der Waals surface area contributed by atoms with Gasteiger partial charge in [0.1, 0.15) is 0 Å². The first-order valence-electron chi connectivity index (χ1n) is 9.64. The molecule has 2 saturated heterocycles. The molecule has 0 bridgehead atoms. The Labute approximate surface area is 153 Å². The number of fused-ring (bicyclic) bond motifs is 1. The molecule has 140 valence electrons. The second kappa shape index (κ2) is 7.32. The molecule has 0 spiro atoms. The van der Waals surface area contributed by atoms with Crippen molar-refractivity contribution in [1.82, 2.24) is 24.2 Å². The van der Waals surface area contributed by atoms with Gasteiger partial charge in [-0.1, -0.05) is 6.92 Å². The molecule has 7 heteroatoms. The molecule has 2 aromatic heterocycles. The number of aliphatic hydroxyl groups excluding tert-OH is 1. The molecule has 2 aliphatic rings. The Kier molecular flexibility index (Phi) is 4.91. The minimum absolute atomic E-state index is 0.144. The summed E-state index contributed by atoms with van der Waals surface area (Å²) in [5.74, 6) is 0.580. The highest BCUT2D eigenvalue weighted by molar-refractivity contribution is 5.78. The predicted octanol–water partition coefficient (Wildman–Crippen LogP) is 1.06. The summed E-state index contributed by atoms with van der Waals surface area (Å²) in [4.78, 5) is 25.5. The van der Waals surface area contributed by atoms with Crippen LogP contribution in [0.1, 0.15) is 43.5 Å². The highest BCUT2D eigenvalue weighted by atomic mass is 16.3. The van der Waals surface area contributed by atoms with E-state index in [9.17, 15) is 9.90 Å². The van der Waals surface area contributed by atoms with Gasteiger partial charge in [0, 0.05) is 31.4 Å². The molecule has 0 radical (unpaired) electrons. The molecule has 0 aliphatic carbocycles. The summed E-state index contributed by atoms with van der Waals surface area (Å²) in [6, 6.07) is 0. The van der Waals surface area contributed by atoms with Crippen LogP contribution in [0.5, 0.6) is 0 Å². The van der Waals surface area contributed by atoms with E-state index in [2.05, 4.69) is 38.6 Å². The zero-order valence-corrected chi connectivity index (χ0v) is 15.3. The quantitative estimate of drug-likeness (QED) is 0.886. The van der Waals surface area contributed by atoms with Crippen LogP contribution in [0.15, 0.2) is 18.6 Å². The van der Waals surface area contributed by atoms with E-state index in [-0.39, 0.29) is 12.0 Å². The highest BCUT2D eigenvalue weighted by Gasteiger charge is 2.28. The first-order valence-corrected chi connectivity index (χ1v) is 9.64. The number of aromatic nitrogens is 3. The Bertz CT molecular complexity index is 781. The fourth-order valence-corrected chi connectivity index (χ4v) is 4.00. The van der Waals surface area contributed by atoms with E-state index < -0.39 is 0 Å². The third-order valence-corrected chi connectivity index (χ3v) is 5.65. The molecule has 1 unspecified atom stereocenters. The summed E-state index contributed by atoms with van der Waals surface area (Å²) in [5.41, 5.74) is 3.11. The molecule has 0 aromatic carbocycles. The van der Waals surface area contributed by atoms with Gasteiger partial charge in [-0.2, -0.15) is 0 Å². The second-order valence-electron chi connectivity index (χ2n) is 7.50. The molecule has 26 heavy (non-hydrogen) atoms. The SMILES string of the molecule is CCc1cn2cc(C3CCN(CC(=O)N4CCC(O)C4)CC3)ncc2n1. The van der Waals surface area contributed by atoms with Crippen molar-refractivity contribution in [3.8, 4) is 0 Å². The molecule has 2 aromatic rings. The Morgan fingerprint density at radius 1 is 1.23 bits per heavy atom. The molecule has 1 amide bonds. The van der Waals surface area contributed by atoms with Gasteiger partial charge >= 0.3 is 0 Å². The van der Waals surface area contributed by atoms with Crippen LogP contribution in [0.2, 0.25) is 0 Å². The first kappa shape index (κ1) is 17.4. The van der Waals surface area contributed by atoms with E-state index in [1.165, 1.54) is 0 Å². The van der Waals surface area contributed by atoms with Gasteiger partial charge in [-0.25, -0.2) is 4.98 Å². The van der Waals surface area contributed by atoms with Crippen LogP contribution >= 0.6 is 0 Å². The zero-order chi connectivity index (χ0) is 18.1. The maximum atomic E-state index is 12.3. The molecule has 4 heterocycles. The predicted molar refractivity (Wildman–Crippen MR) is 98.0 cm³/mol. The highest BCUT2D eigenvalue weighted by Crippen LogP contribution is 2.27.